The Balaban J connectivity index is 0.00000180. The van der Waals surface area contributed by atoms with Crippen LogP contribution in [0, 0.1) is 5.82 Å². The van der Waals surface area contributed by atoms with Gasteiger partial charge in [-0.15, -0.1) is 35.0 Å². The third-order valence-electron chi connectivity index (χ3n) is 5.93. The molecule has 0 radical (unpaired) electrons. The maximum absolute atomic E-state index is 14.0. The van der Waals surface area contributed by atoms with Gasteiger partial charge >= 0.3 is 6.18 Å². The molecule has 2 N–H and O–H groups in total. The molecule has 4 aromatic rings. The summed E-state index contributed by atoms with van der Waals surface area (Å²) < 4.78 is 76.4. The van der Waals surface area contributed by atoms with Crippen molar-refractivity contribution in [2.24, 2.45) is 5.73 Å². The predicted octanol–water partition coefficient (Wildman–Crippen LogP) is 4.52. The summed E-state index contributed by atoms with van der Waals surface area (Å²) in [5.41, 5.74) is 6.56. The Morgan fingerprint density at radius 2 is 1.83 bits per heavy atom. The average molecular weight is 551 g/mol. The van der Waals surface area contributed by atoms with E-state index in [1.807, 2.05) is 0 Å². The number of ether oxygens (including phenoxy) is 1. The number of nitrogens with two attached hydrogens (primary N) is 1. The third-order valence-corrected chi connectivity index (χ3v) is 5.93. The molecule has 1 fully saturated rings. The van der Waals surface area contributed by atoms with Crippen molar-refractivity contribution in [3.63, 3.8) is 0 Å². The monoisotopic (exact) mass is 550 g/mol. The van der Waals surface area contributed by atoms with Gasteiger partial charge in [0.1, 0.15) is 17.9 Å². The second-order valence-corrected chi connectivity index (χ2v) is 8.17. The van der Waals surface area contributed by atoms with E-state index in [0.717, 1.165) is 4.90 Å². The Kier molecular flexibility index (Phi) is 7.94. The minimum atomic E-state index is -4.66. The van der Waals surface area contributed by atoms with Crippen LogP contribution in [0.4, 0.5) is 22.0 Å². The number of benzene rings is 1. The number of methoxy groups -OCH3 is 1. The highest BCUT2D eigenvalue weighted by atomic mass is 35.5. The fraction of sp³-hybridized carbons (Fsp3) is 0.318. The molecule has 4 heterocycles. The van der Waals surface area contributed by atoms with Gasteiger partial charge in [0, 0.05) is 36.8 Å². The van der Waals surface area contributed by atoms with E-state index >= 15 is 0 Å². The lowest BCUT2D eigenvalue weighted by Crippen LogP contribution is -2.38. The quantitative estimate of drug-likeness (QED) is 0.376. The Bertz CT molecular complexity index is 1370. The highest BCUT2D eigenvalue weighted by Crippen LogP contribution is 2.40. The summed E-state index contributed by atoms with van der Waals surface area (Å²) in [7, 11) is 1.33. The molecule has 0 amide bonds. The van der Waals surface area contributed by atoms with Crippen molar-refractivity contribution in [1.29, 1.82) is 0 Å². The van der Waals surface area contributed by atoms with Crippen LogP contribution in [0.1, 0.15) is 11.6 Å². The maximum Gasteiger partial charge on any atom is 0.408 e. The summed E-state index contributed by atoms with van der Waals surface area (Å²) in [5, 5.41) is 8.62. The highest BCUT2D eigenvalue weighted by molar-refractivity contribution is 5.85. The summed E-state index contributed by atoms with van der Waals surface area (Å²) in [6.07, 6.45) is -4.92. The first kappa shape index (κ1) is 27.8. The maximum atomic E-state index is 14.0. The van der Waals surface area contributed by atoms with Crippen molar-refractivity contribution >= 4 is 41.4 Å². The van der Waals surface area contributed by atoms with Crippen LogP contribution in [-0.2, 0) is 0 Å². The van der Waals surface area contributed by atoms with Gasteiger partial charge in [0.2, 0.25) is 0 Å². The van der Waals surface area contributed by atoms with Gasteiger partial charge in [-0.1, -0.05) is 12.1 Å². The van der Waals surface area contributed by atoms with Gasteiger partial charge in [0.05, 0.1) is 12.6 Å². The smallest absolute Gasteiger partial charge is 0.408 e. The van der Waals surface area contributed by atoms with Crippen LogP contribution in [0.15, 0.2) is 42.6 Å². The van der Waals surface area contributed by atoms with E-state index < -0.39 is 36.8 Å². The van der Waals surface area contributed by atoms with E-state index in [1.165, 1.54) is 42.0 Å². The molecule has 14 heteroatoms. The lowest BCUT2D eigenvalue weighted by atomic mass is 10.1. The summed E-state index contributed by atoms with van der Waals surface area (Å²) in [5.74, 6) is -0.338. The molecule has 1 unspecified atom stereocenters. The van der Waals surface area contributed by atoms with Gasteiger partial charge in [-0.3, -0.25) is 9.30 Å². The summed E-state index contributed by atoms with van der Waals surface area (Å²) in [6, 6.07) is 5.57. The lowest BCUT2D eigenvalue weighted by molar-refractivity contribution is -0.184. The van der Waals surface area contributed by atoms with E-state index in [4.69, 9.17) is 10.5 Å². The summed E-state index contributed by atoms with van der Waals surface area (Å²) in [6.45, 7) is -0.633. The molecule has 1 aromatic carbocycles. The molecule has 0 spiro atoms. The Morgan fingerprint density at radius 3 is 2.47 bits per heavy atom. The van der Waals surface area contributed by atoms with Crippen LogP contribution in [-0.4, -0.2) is 63.1 Å². The molecule has 194 valence electrons. The van der Waals surface area contributed by atoms with E-state index in [-0.39, 0.29) is 48.5 Å². The minimum Gasteiger partial charge on any atom is -0.494 e. The van der Waals surface area contributed by atoms with Crippen LogP contribution in [0.3, 0.4) is 0 Å². The molecule has 3 aromatic heterocycles. The number of pyridine rings is 2. The molecular formula is C22H21Cl2F5N6O. The summed E-state index contributed by atoms with van der Waals surface area (Å²) >= 11 is 0. The first-order valence-corrected chi connectivity index (χ1v) is 10.4. The molecule has 36 heavy (non-hydrogen) atoms. The van der Waals surface area contributed by atoms with Crippen LogP contribution < -0.4 is 10.5 Å². The zero-order valence-electron chi connectivity index (χ0n) is 18.6. The molecule has 0 saturated carbocycles. The van der Waals surface area contributed by atoms with Crippen LogP contribution >= 0.6 is 24.8 Å². The molecule has 3 atom stereocenters. The molecular weight excluding hydrogens is 530 g/mol. The molecule has 1 aliphatic rings. The lowest BCUT2D eigenvalue weighted by Gasteiger charge is -2.29. The van der Waals surface area contributed by atoms with Crippen LogP contribution in [0.25, 0.3) is 28.1 Å². The van der Waals surface area contributed by atoms with E-state index in [1.54, 1.807) is 12.1 Å². The normalized spacial score (nSPS) is 19.2. The van der Waals surface area contributed by atoms with Gasteiger partial charge < -0.3 is 10.5 Å². The molecule has 1 saturated heterocycles. The van der Waals surface area contributed by atoms with E-state index in [9.17, 15) is 22.0 Å². The minimum absolute atomic E-state index is 0. The second kappa shape index (κ2) is 10.3. The topological polar surface area (TPSA) is 81.6 Å². The van der Waals surface area contributed by atoms with Crippen molar-refractivity contribution in [2.75, 3.05) is 20.2 Å². The van der Waals surface area contributed by atoms with Gasteiger partial charge in [0.15, 0.2) is 23.0 Å². The highest BCUT2D eigenvalue weighted by Gasteiger charge is 2.48. The van der Waals surface area contributed by atoms with Gasteiger partial charge in [-0.25, -0.2) is 13.8 Å². The standard InChI is InChI=1S/C22H19F5N6O.2ClH/c1-34-18-7-17-11(6-13(18)23)2-4-16(29-17)21-31-30-19-5-3-12(8-33(19)21)20(22(25,26)27)32-9-14(24)15(28)10-32;;/h2-8,14-15,20H,9-10,28H2,1H3;2*1H/t14?,15-,20-;;/m1../s1. The van der Waals surface area contributed by atoms with Crippen molar-refractivity contribution in [3.05, 3.63) is 54.0 Å². The number of likely N-dealkylation sites (tertiary alicyclic amines) is 1. The van der Waals surface area contributed by atoms with Gasteiger partial charge in [0.25, 0.3) is 0 Å². The first-order valence-electron chi connectivity index (χ1n) is 10.4. The Morgan fingerprint density at radius 1 is 1.08 bits per heavy atom. The first-order chi connectivity index (χ1) is 16.2. The molecule has 0 aliphatic carbocycles. The van der Waals surface area contributed by atoms with Crippen molar-refractivity contribution in [1.82, 2.24) is 24.5 Å². The van der Waals surface area contributed by atoms with Crippen LogP contribution in [0.2, 0.25) is 0 Å². The Labute approximate surface area is 214 Å². The fourth-order valence-corrected chi connectivity index (χ4v) is 4.29. The fourth-order valence-electron chi connectivity index (χ4n) is 4.29. The van der Waals surface area contributed by atoms with Crippen molar-refractivity contribution in [3.8, 4) is 17.3 Å². The Hall–Kier alpha value is -2.80. The molecule has 0 bridgehead atoms. The summed E-state index contributed by atoms with van der Waals surface area (Å²) in [4.78, 5) is 5.47. The average Bonchev–Trinajstić information content (AvgIpc) is 3.34. The van der Waals surface area contributed by atoms with Crippen molar-refractivity contribution < 1.29 is 26.7 Å². The zero-order valence-corrected chi connectivity index (χ0v) is 20.2. The van der Waals surface area contributed by atoms with Gasteiger partial charge in [-0.2, -0.15) is 13.2 Å². The predicted molar refractivity (Wildman–Crippen MR) is 128 cm³/mol. The number of fused-ring (bicyclic) bond motifs is 2. The number of nitrogens with zero attached hydrogens (tertiary/aromatic N) is 5. The zero-order chi connectivity index (χ0) is 24.2. The van der Waals surface area contributed by atoms with Crippen molar-refractivity contribution in [2.45, 2.75) is 24.4 Å². The van der Waals surface area contributed by atoms with E-state index in [0.29, 0.717) is 22.2 Å². The van der Waals surface area contributed by atoms with E-state index in [2.05, 4.69) is 15.2 Å². The number of aromatic nitrogens is 4. The largest absolute Gasteiger partial charge is 0.494 e. The molecule has 5 rings (SSSR count). The van der Waals surface area contributed by atoms with Crippen LogP contribution in [0.5, 0.6) is 5.75 Å². The van der Waals surface area contributed by atoms with Gasteiger partial charge in [-0.05, 0) is 23.8 Å². The second-order valence-electron chi connectivity index (χ2n) is 8.17. The number of alkyl halides is 4. The SMILES string of the molecule is COc1cc2nc(-c3nnc4ccc([C@@H](N5CC(F)[C@H](N)C5)C(F)(F)F)cn34)ccc2cc1F.Cl.Cl. The number of hydrogen-bond donors (Lipinski definition) is 1. The third kappa shape index (κ3) is 4.90. The number of halogens is 7. The molecule has 7 nitrogen and oxygen atoms in total. The number of hydrogen-bond acceptors (Lipinski definition) is 6. The number of rotatable bonds is 4. The molecule has 1 aliphatic heterocycles.